The first kappa shape index (κ1) is 33.9. The molecule has 240 valence electrons. The van der Waals surface area contributed by atoms with Crippen molar-refractivity contribution in [3.8, 4) is 0 Å². The highest BCUT2D eigenvalue weighted by Gasteiger charge is 2.77. The maximum atomic E-state index is 14.2. The number of carbonyl (C=O) groups excluding carboxylic acids is 4. The quantitative estimate of drug-likeness (QED) is 0.166. The van der Waals surface area contributed by atoms with E-state index in [-0.39, 0.29) is 61.1 Å². The minimum atomic E-state index is -1.24. The summed E-state index contributed by atoms with van der Waals surface area (Å²) in [6.45, 7) is 13.3. The first-order valence-corrected chi connectivity index (χ1v) is 16.2. The summed E-state index contributed by atoms with van der Waals surface area (Å²) in [5.74, 6) is -3.36. The average Bonchev–Trinajstić information content (AvgIpc) is 3.59. The molecule has 44 heavy (non-hydrogen) atoms. The second kappa shape index (κ2) is 14.4. The normalized spacial score (nSPS) is 28.4. The van der Waals surface area contributed by atoms with Gasteiger partial charge in [-0.05, 0) is 45.6 Å². The van der Waals surface area contributed by atoms with Crippen molar-refractivity contribution in [2.45, 2.75) is 87.2 Å². The molecule has 3 aliphatic heterocycles. The Bertz CT molecular complexity index is 1240. The van der Waals surface area contributed by atoms with Gasteiger partial charge in [0, 0.05) is 37.0 Å². The fourth-order valence-electron chi connectivity index (χ4n) is 6.95. The molecule has 3 fully saturated rings. The summed E-state index contributed by atoms with van der Waals surface area (Å²) in [5, 5.41) is 12.5. The number of nitrogens with zero attached hydrogens (tertiary/aromatic N) is 2. The van der Waals surface area contributed by atoms with Gasteiger partial charge in [0.1, 0.15) is 17.7 Å². The molecule has 2 bridgehead atoms. The van der Waals surface area contributed by atoms with E-state index in [4.69, 9.17) is 9.47 Å². The van der Waals surface area contributed by atoms with E-state index in [0.717, 1.165) is 0 Å². The molecule has 0 radical (unpaired) electrons. The number of halogens is 1. The molecular weight excluding hydrogens is 630 g/mol. The standard InChI is InChI=1S/C33H44BrN3O7/c1-6-8-15-24(39)35-21(5)27(22-13-10-9-11-14-22)43-32(42)25-26-30(40)37(17-12-18-38)29(31(41)36(16-7-2)20(3)4)33(26)19-23(34)28(25)44-33/h6-7,9-11,13-14,20-21,23,25-29,38H,1-2,8,12,15-19H2,3-5H3,(H,35,39)/t21-,23?,25+,26-,27-,28+,29+,33-/m0/s1. The predicted octanol–water partition coefficient (Wildman–Crippen LogP) is 3.30. The van der Waals surface area contributed by atoms with Gasteiger partial charge in [0.2, 0.25) is 17.7 Å². The molecule has 3 saturated heterocycles. The third kappa shape index (κ3) is 6.37. The molecule has 11 heteroatoms. The molecule has 10 nitrogen and oxygen atoms in total. The number of esters is 1. The molecule has 3 aliphatic rings. The smallest absolute Gasteiger partial charge is 0.313 e. The maximum absolute atomic E-state index is 14.2. The van der Waals surface area contributed by atoms with Crippen molar-refractivity contribution in [3.63, 3.8) is 0 Å². The van der Waals surface area contributed by atoms with Gasteiger partial charge in [0.15, 0.2) is 0 Å². The van der Waals surface area contributed by atoms with E-state index in [0.29, 0.717) is 18.4 Å². The Kier molecular flexibility index (Phi) is 11.1. The summed E-state index contributed by atoms with van der Waals surface area (Å²) in [5.41, 5.74) is -0.549. The number of ether oxygens (including phenoxy) is 2. The van der Waals surface area contributed by atoms with Gasteiger partial charge in [-0.15, -0.1) is 13.2 Å². The number of carbonyl (C=O) groups is 4. The summed E-state index contributed by atoms with van der Waals surface area (Å²) in [7, 11) is 0. The Morgan fingerprint density at radius 1 is 1.23 bits per heavy atom. The zero-order valence-corrected chi connectivity index (χ0v) is 27.3. The third-order valence-electron chi connectivity index (χ3n) is 8.87. The van der Waals surface area contributed by atoms with E-state index in [9.17, 15) is 24.3 Å². The van der Waals surface area contributed by atoms with Crippen molar-refractivity contribution >= 4 is 39.6 Å². The van der Waals surface area contributed by atoms with Crippen molar-refractivity contribution in [2.24, 2.45) is 11.8 Å². The van der Waals surface area contributed by atoms with Crippen molar-refractivity contribution < 1.29 is 33.8 Å². The highest BCUT2D eigenvalue weighted by atomic mass is 79.9. The van der Waals surface area contributed by atoms with Crippen LogP contribution in [0.3, 0.4) is 0 Å². The predicted molar refractivity (Wildman–Crippen MR) is 168 cm³/mol. The molecule has 1 aromatic carbocycles. The van der Waals surface area contributed by atoms with Crippen molar-refractivity contribution in [1.82, 2.24) is 15.1 Å². The SMILES string of the molecule is C=CCCC(=O)N[C@@H](C)[C@H](OC(=O)[C@H]1[C@@H]2O[C@@]3(CC2Br)[C@@H]1C(=O)N(CCCO)[C@@H]3C(=O)N(CC=C)C(C)C)c1ccccc1. The zero-order valence-electron chi connectivity index (χ0n) is 25.7. The zero-order chi connectivity index (χ0) is 32.2. The number of hydrogen-bond donors (Lipinski definition) is 2. The van der Waals surface area contributed by atoms with Crippen molar-refractivity contribution in [1.29, 1.82) is 0 Å². The maximum Gasteiger partial charge on any atom is 0.313 e. The molecule has 3 amide bonds. The number of nitrogens with one attached hydrogen (secondary N) is 1. The minimum Gasteiger partial charge on any atom is -0.455 e. The number of hydrogen-bond acceptors (Lipinski definition) is 7. The van der Waals surface area contributed by atoms with Gasteiger partial charge >= 0.3 is 5.97 Å². The molecule has 8 atom stereocenters. The number of likely N-dealkylation sites (tertiary alicyclic amines) is 1. The third-order valence-corrected chi connectivity index (χ3v) is 9.72. The number of aliphatic hydroxyl groups excluding tert-OH is 1. The summed E-state index contributed by atoms with van der Waals surface area (Å²) in [6, 6.07) is 7.44. The van der Waals surface area contributed by atoms with Crippen molar-refractivity contribution in [2.75, 3.05) is 19.7 Å². The van der Waals surface area contributed by atoms with Crippen LogP contribution in [0.25, 0.3) is 0 Å². The number of alkyl halides is 1. The van der Waals surface area contributed by atoms with Gasteiger partial charge < -0.3 is 29.7 Å². The van der Waals surface area contributed by atoms with Gasteiger partial charge in [-0.3, -0.25) is 19.2 Å². The van der Waals surface area contributed by atoms with E-state index in [1.165, 1.54) is 4.90 Å². The van der Waals surface area contributed by atoms with Crippen LogP contribution in [0.15, 0.2) is 55.6 Å². The van der Waals surface area contributed by atoms with Crippen LogP contribution in [0.2, 0.25) is 0 Å². The Morgan fingerprint density at radius 2 is 1.93 bits per heavy atom. The van der Waals surface area contributed by atoms with E-state index in [2.05, 4.69) is 34.4 Å². The van der Waals surface area contributed by atoms with Crippen LogP contribution in [0.1, 0.15) is 58.1 Å². The number of amides is 3. The largest absolute Gasteiger partial charge is 0.455 e. The molecule has 3 heterocycles. The first-order chi connectivity index (χ1) is 21.0. The monoisotopic (exact) mass is 673 g/mol. The average molecular weight is 675 g/mol. The molecule has 0 saturated carbocycles. The Morgan fingerprint density at radius 3 is 2.55 bits per heavy atom. The van der Waals surface area contributed by atoms with Crippen LogP contribution in [0, 0.1) is 11.8 Å². The molecule has 0 aliphatic carbocycles. The summed E-state index contributed by atoms with van der Waals surface area (Å²) in [4.78, 5) is 58.0. The number of fused-ring (bicyclic) bond motifs is 1. The molecule has 2 N–H and O–H groups in total. The van der Waals surface area contributed by atoms with E-state index < -0.39 is 47.7 Å². The Balaban J connectivity index is 1.68. The summed E-state index contributed by atoms with van der Waals surface area (Å²) < 4.78 is 12.8. The van der Waals surface area contributed by atoms with Crippen molar-refractivity contribution in [3.05, 3.63) is 61.2 Å². The van der Waals surface area contributed by atoms with Crippen LogP contribution >= 0.6 is 15.9 Å². The Labute approximate surface area is 267 Å². The molecule has 1 unspecified atom stereocenters. The molecule has 0 aromatic heterocycles. The van der Waals surface area contributed by atoms with Gasteiger partial charge in [0.25, 0.3) is 0 Å². The lowest BCUT2D eigenvalue weighted by molar-refractivity contribution is -0.162. The highest BCUT2D eigenvalue weighted by Crippen LogP contribution is 2.60. The molecule has 1 spiro atoms. The fourth-order valence-corrected chi connectivity index (χ4v) is 7.89. The molecule has 1 aromatic rings. The number of benzene rings is 1. The second-order valence-electron chi connectivity index (χ2n) is 12.1. The van der Waals surface area contributed by atoms with Gasteiger partial charge in [-0.2, -0.15) is 0 Å². The van der Waals surface area contributed by atoms with Crippen LogP contribution in [-0.2, 0) is 28.7 Å². The first-order valence-electron chi connectivity index (χ1n) is 15.3. The van der Waals surface area contributed by atoms with Crippen LogP contribution in [-0.4, -0.2) is 93.0 Å². The lowest BCUT2D eigenvalue weighted by Crippen LogP contribution is -2.58. The minimum absolute atomic E-state index is 0.146. The van der Waals surface area contributed by atoms with E-state index in [1.807, 2.05) is 44.2 Å². The molecular formula is C33H44BrN3O7. The van der Waals surface area contributed by atoms with E-state index in [1.54, 1.807) is 24.0 Å². The number of allylic oxidation sites excluding steroid dienone is 1. The van der Waals surface area contributed by atoms with Crippen LogP contribution in [0.4, 0.5) is 0 Å². The van der Waals surface area contributed by atoms with E-state index >= 15 is 0 Å². The Hall–Kier alpha value is -3.02. The van der Waals surface area contributed by atoms with Gasteiger partial charge in [0.05, 0.1) is 24.0 Å². The fraction of sp³-hybridized carbons (Fsp3) is 0.576. The lowest BCUT2D eigenvalue weighted by atomic mass is 9.70. The van der Waals surface area contributed by atoms with Gasteiger partial charge in [-0.25, -0.2) is 0 Å². The molecule has 4 rings (SSSR count). The van der Waals surface area contributed by atoms with Crippen LogP contribution < -0.4 is 5.32 Å². The second-order valence-corrected chi connectivity index (χ2v) is 13.3. The summed E-state index contributed by atoms with van der Waals surface area (Å²) >= 11 is 3.69. The van der Waals surface area contributed by atoms with Crippen LogP contribution in [0.5, 0.6) is 0 Å². The number of aliphatic hydroxyl groups is 1. The van der Waals surface area contributed by atoms with Gasteiger partial charge in [-0.1, -0.05) is 58.4 Å². The lowest BCUT2D eigenvalue weighted by Gasteiger charge is -2.38. The highest BCUT2D eigenvalue weighted by molar-refractivity contribution is 9.09. The topological polar surface area (TPSA) is 125 Å². The number of rotatable bonds is 15. The summed E-state index contributed by atoms with van der Waals surface area (Å²) in [6.07, 6.45) is 3.20.